The van der Waals surface area contributed by atoms with Crippen LogP contribution in [-0.4, -0.2) is 37.5 Å². The molecular weight excluding hydrogens is 176 g/mol. The van der Waals surface area contributed by atoms with Crippen LogP contribution in [-0.2, 0) is 4.79 Å². The molecule has 1 amide bonds. The molecule has 0 aliphatic carbocycles. The minimum atomic E-state index is 0.236. The first-order valence-electron chi connectivity index (χ1n) is 5.56. The third kappa shape index (κ3) is 1.54. The summed E-state index contributed by atoms with van der Waals surface area (Å²) >= 11 is 0. The van der Waals surface area contributed by atoms with E-state index in [9.17, 15) is 4.79 Å². The van der Waals surface area contributed by atoms with Crippen molar-refractivity contribution in [2.75, 3.05) is 26.7 Å². The van der Waals surface area contributed by atoms with E-state index in [1.807, 2.05) is 0 Å². The zero-order valence-corrected chi connectivity index (χ0v) is 9.29. The highest BCUT2D eigenvalue weighted by Gasteiger charge is 2.42. The maximum absolute atomic E-state index is 11.8. The van der Waals surface area contributed by atoms with Gasteiger partial charge in [0.15, 0.2) is 0 Å². The molecule has 2 unspecified atom stereocenters. The van der Waals surface area contributed by atoms with Crippen LogP contribution in [0, 0.1) is 23.7 Å². The van der Waals surface area contributed by atoms with Gasteiger partial charge in [0.25, 0.3) is 0 Å². The first kappa shape index (κ1) is 9.97. The van der Waals surface area contributed by atoms with Crippen LogP contribution in [0.25, 0.3) is 0 Å². The number of hydrogen-bond donors (Lipinski definition) is 1. The van der Waals surface area contributed by atoms with Gasteiger partial charge in [-0.1, -0.05) is 13.8 Å². The maximum Gasteiger partial charge on any atom is 0.224 e. The smallest absolute Gasteiger partial charge is 0.224 e. The van der Waals surface area contributed by atoms with Crippen LogP contribution in [0.2, 0.25) is 0 Å². The second kappa shape index (κ2) is 3.54. The molecule has 0 aromatic heterocycles. The summed E-state index contributed by atoms with van der Waals surface area (Å²) in [5.74, 6) is 2.34. The highest BCUT2D eigenvalue weighted by atomic mass is 16.2. The average molecular weight is 196 g/mol. The summed E-state index contributed by atoms with van der Waals surface area (Å²) in [6.07, 6.45) is 0. The van der Waals surface area contributed by atoms with Crippen LogP contribution in [0.1, 0.15) is 13.8 Å². The quantitative estimate of drug-likeness (QED) is 0.614. The summed E-state index contributed by atoms with van der Waals surface area (Å²) in [5.41, 5.74) is 0. The lowest BCUT2D eigenvalue weighted by Crippen LogP contribution is -2.33. The van der Waals surface area contributed by atoms with Crippen LogP contribution in [0.15, 0.2) is 0 Å². The van der Waals surface area contributed by atoms with Gasteiger partial charge in [0, 0.05) is 19.6 Å². The summed E-state index contributed by atoms with van der Waals surface area (Å²) in [7, 11) is 2.11. The first-order chi connectivity index (χ1) is 6.59. The van der Waals surface area contributed by atoms with Gasteiger partial charge in [0.05, 0.1) is 5.92 Å². The van der Waals surface area contributed by atoms with Crippen LogP contribution >= 0.6 is 0 Å². The number of carbonyl (C=O) groups is 1. The van der Waals surface area contributed by atoms with Gasteiger partial charge in [-0.05, 0) is 24.8 Å². The Morgan fingerprint density at radius 1 is 1.36 bits per heavy atom. The Bertz CT molecular complexity index is 241. The Labute approximate surface area is 85.8 Å². The molecule has 2 fully saturated rings. The molecule has 2 aliphatic rings. The summed E-state index contributed by atoms with van der Waals surface area (Å²) in [4.78, 5) is 14.1. The summed E-state index contributed by atoms with van der Waals surface area (Å²) in [6.45, 7) is 7.42. The molecule has 0 saturated carbocycles. The zero-order valence-electron chi connectivity index (χ0n) is 9.29. The summed E-state index contributed by atoms with van der Waals surface area (Å²) < 4.78 is 0. The molecule has 0 spiro atoms. The minimum Gasteiger partial charge on any atom is -0.356 e. The molecule has 2 heterocycles. The van der Waals surface area contributed by atoms with Crippen molar-refractivity contribution in [1.82, 2.24) is 10.2 Å². The molecule has 2 aliphatic heterocycles. The van der Waals surface area contributed by atoms with Gasteiger partial charge < -0.3 is 10.2 Å². The monoisotopic (exact) mass is 196 g/mol. The normalized spacial score (nSPS) is 44.4. The minimum absolute atomic E-state index is 0.236. The fourth-order valence-corrected chi connectivity index (χ4v) is 2.84. The number of likely N-dealkylation sites (tertiary alicyclic amines) is 1. The van der Waals surface area contributed by atoms with Crippen LogP contribution in [0.4, 0.5) is 0 Å². The van der Waals surface area contributed by atoms with E-state index in [2.05, 4.69) is 31.1 Å². The highest BCUT2D eigenvalue weighted by molar-refractivity contribution is 5.80. The van der Waals surface area contributed by atoms with Gasteiger partial charge in [-0.3, -0.25) is 4.79 Å². The first-order valence-corrected chi connectivity index (χ1v) is 5.56. The molecule has 0 bridgehead atoms. The molecule has 4 atom stereocenters. The van der Waals surface area contributed by atoms with E-state index in [1.165, 1.54) is 0 Å². The van der Waals surface area contributed by atoms with E-state index in [-0.39, 0.29) is 11.8 Å². The number of fused-ring (bicyclic) bond motifs is 1. The van der Waals surface area contributed by atoms with E-state index in [0.717, 1.165) is 19.6 Å². The van der Waals surface area contributed by atoms with Crippen molar-refractivity contribution in [2.24, 2.45) is 23.7 Å². The Balaban J connectivity index is 2.20. The molecule has 1 N–H and O–H groups in total. The molecule has 3 heteroatoms. The summed E-state index contributed by atoms with van der Waals surface area (Å²) in [5, 5.41) is 3.05. The lowest BCUT2D eigenvalue weighted by atomic mass is 9.79. The third-order valence-electron chi connectivity index (χ3n) is 4.06. The maximum atomic E-state index is 11.8. The second-order valence-corrected chi connectivity index (χ2v) is 5.07. The predicted octanol–water partition coefficient (Wildman–Crippen LogP) is 0.566. The topological polar surface area (TPSA) is 32.3 Å². The van der Waals surface area contributed by atoms with Crippen LogP contribution in [0.5, 0.6) is 0 Å². The molecule has 0 aromatic rings. The average Bonchev–Trinajstić information content (AvgIpc) is 2.50. The standard InChI is InChI=1S/C11H20N2O/c1-7-4-12-11(14)10-6-13(3)5-9(10)8(7)2/h7-10H,4-6H2,1-3H3,(H,12,14)/t7-,8-,9?,10?/m1/s1. The van der Waals surface area contributed by atoms with E-state index in [0.29, 0.717) is 17.8 Å². The van der Waals surface area contributed by atoms with Gasteiger partial charge in [-0.2, -0.15) is 0 Å². The third-order valence-corrected chi connectivity index (χ3v) is 4.06. The van der Waals surface area contributed by atoms with Gasteiger partial charge in [0.1, 0.15) is 0 Å². The van der Waals surface area contributed by atoms with Crippen LogP contribution < -0.4 is 5.32 Å². The number of nitrogens with one attached hydrogen (secondary N) is 1. The van der Waals surface area contributed by atoms with E-state index in [4.69, 9.17) is 0 Å². The molecule has 80 valence electrons. The number of hydrogen-bond acceptors (Lipinski definition) is 2. The van der Waals surface area contributed by atoms with E-state index >= 15 is 0 Å². The van der Waals surface area contributed by atoms with Crippen molar-refractivity contribution in [3.05, 3.63) is 0 Å². The fourth-order valence-electron chi connectivity index (χ4n) is 2.84. The fraction of sp³-hybridized carbons (Fsp3) is 0.909. The van der Waals surface area contributed by atoms with Crippen molar-refractivity contribution in [3.8, 4) is 0 Å². The number of amides is 1. The van der Waals surface area contributed by atoms with Gasteiger partial charge in [0.2, 0.25) is 5.91 Å². The van der Waals surface area contributed by atoms with Crippen molar-refractivity contribution in [2.45, 2.75) is 13.8 Å². The van der Waals surface area contributed by atoms with E-state index < -0.39 is 0 Å². The van der Waals surface area contributed by atoms with Crippen molar-refractivity contribution in [1.29, 1.82) is 0 Å². The number of carbonyl (C=O) groups excluding carboxylic acids is 1. The van der Waals surface area contributed by atoms with Gasteiger partial charge >= 0.3 is 0 Å². The number of nitrogens with zero attached hydrogens (tertiary/aromatic N) is 1. The lowest BCUT2D eigenvalue weighted by molar-refractivity contribution is -0.125. The van der Waals surface area contributed by atoms with Crippen LogP contribution in [0.3, 0.4) is 0 Å². The Kier molecular flexibility index (Phi) is 2.52. The zero-order chi connectivity index (χ0) is 10.3. The molecule has 3 nitrogen and oxygen atoms in total. The Morgan fingerprint density at radius 3 is 2.79 bits per heavy atom. The predicted molar refractivity (Wildman–Crippen MR) is 55.8 cm³/mol. The van der Waals surface area contributed by atoms with Crippen molar-refractivity contribution in [3.63, 3.8) is 0 Å². The Hall–Kier alpha value is -0.570. The number of rotatable bonds is 0. The Morgan fingerprint density at radius 2 is 2.07 bits per heavy atom. The van der Waals surface area contributed by atoms with Gasteiger partial charge in [-0.15, -0.1) is 0 Å². The SMILES string of the molecule is C[C@@H]1CNC(=O)C2CN(C)CC2[C@@H]1C. The van der Waals surface area contributed by atoms with Crippen molar-refractivity contribution < 1.29 is 4.79 Å². The molecular formula is C11H20N2O. The van der Waals surface area contributed by atoms with Gasteiger partial charge in [-0.25, -0.2) is 0 Å². The molecule has 0 aromatic carbocycles. The lowest BCUT2D eigenvalue weighted by Gasteiger charge is -2.24. The molecule has 14 heavy (non-hydrogen) atoms. The molecule has 2 rings (SSSR count). The second-order valence-electron chi connectivity index (χ2n) is 5.07. The molecule has 0 radical (unpaired) electrons. The summed E-state index contributed by atoms with van der Waals surface area (Å²) in [6, 6.07) is 0. The molecule has 2 saturated heterocycles. The van der Waals surface area contributed by atoms with Crippen molar-refractivity contribution >= 4 is 5.91 Å². The highest BCUT2D eigenvalue weighted by Crippen LogP contribution is 2.34. The van der Waals surface area contributed by atoms with E-state index in [1.54, 1.807) is 0 Å². The largest absolute Gasteiger partial charge is 0.356 e.